The molecular weight excluding hydrogens is 326 g/mol. The number of carbonyl (C=O) groups is 1. The van der Waals surface area contributed by atoms with Crippen LogP contribution in [0.4, 0.5) is 0 Å². The van der Waals surface area contributed by atoms with Gasteiger partial charge < -0.3 is 9.42 Å². The van der Waals surface area contributed by atoms with Crippen molar-refractivity contribution in [1.82, 2.24) is 15.0 Å². The zero-order valence-electron chi connectivity index (χ0n) is 15.9. The smallest absolute Gasteiger partial charge is 0.258 e. The predicted molar refractivity (Wildman–Crippen MR) is 102 cm³/mol. The van der Waals surface area contributed by atoms with Crippen molar-refractivity contribution >= 4 is 5.91 Å². The lowest BCUT2D eigenvalue weighted by Crippen LogP contribution is -2.39. The summed E-state index contributed by atoms with van der Waals surface area (Å²) in [5, 5.41) is 3.81. The van der Waals surface area contributed by atoms with Gasteiger partial charge in [-0.05, 0) is 43.8 Å². The van der Waals surface area contributed by atoms with Crippen LogP contribution < -0.4 is 0 Å². The molecule has 5 heteroatoms. The standard InChI is InChI=1S/C21H29N3O2/c1-3-7-20-19(14-22-26-20)21(25)23(2)15-18-10-12-24(13-11-18)16-17-8-5-4-6-9-17/h4-6,8-9,14,18H,3,7,10-13,15-16H2,1-2H3. The monoisotopic (exact) mass is 355 g/mol. The fourth-order valence-corrected chi connectivity index (χ4v) is 3.69. The quantitative estimate of drug-likeness (QED) is 0.761. The summed E-state index contributed by atoms with van der Waals surface area (Å²) in [7, 11) is 1.89. The molecule has 1 fully saturated rings. The number of hydrogen-bond acceptors (Lipinski definition) is 4. The van der Waals surface area contributed by atoms with E-state index in [2.05, 4.69) is 47.3 Å². The third-order valence-electron chi connectivity index (χ3n) is 5.19. The molecule has 0 radical (unpaired) electrons. The Hall–Kier alpha value is -2.14. The Bertz CT molecular complexity index is 690. The van der Waals surface area contributed by atoms with Gasteiger partial charge in [-0.1, -0.05) is 42.4 Å². The molecule has 0 unspecified atom stereocenters. The first kappa shape index (κ1) is 18.6. The largest absolute Gasteiger partial charge is 0.361 e. The van der Waals surface area contributed by atoms with Gasteiger partial charge in [0.1, 0.15) is 11.3 Å². The molecule has 0 spiro atoms. The van der Waals surface area contributed by atoms with Crippen LogP contribution in [0, 0.1) is 5.92 Å². The molecule has 0 bridgehead atoms. The number of benzene rings is 1. The van der Waals surface area contributed by atoms with E-state index in [4.69, 9.17) is 4.52 Å². The van der Waals surface area contributed by atoms with E-state index in [0.717, 1.165) is 51.9 Å². The Labute approximate surface area is 156 Å². The van der Waals surface area contributed by atoms with Crippen LogP contribution in [0.15, 0.2) is 41.1 Å². The summed E-state index contributed by atoms with van der Waals surface area (Å²) in [6.07, 6.45) is 5.53. The Morgan fingerprint density at radius 1 is 1.27 bits per heavy atom. The zero-order valence-corrected chi connectivity index (χ0v) is 15.9. The highest BCUT2D eigenvalue weighted by molar-refractivity contribution is 5.94. The lowest BCUT2D eigenvalue weighted by molar-refractivity contribution is 0.0735. The maximum Gasteiger partial charge on any atom is 0.258 e. The lowest BCUT2D eigenvalue weighted by Gasteiger charge is -2.33. The van der Waals surface area contributed by atoms with Crippen LogP contribution in [0.3, 0.4) is 0 Å². The second-order valence-corrected chi connectivity index (χ2v) is 7.30. The summed E-state index contributed by atoms with van der Waals surface area (Å²) < 4.78 is 5.23. The minimum absolute atomic E-state index is 0.0291. The van der Waals surface area contributed by atoms with Crippen LogP contribution in [0.5, 0.6) is 0 Å². The van der Waals surface area contributed by atoms with E-state index in [0.29, 0.717) is 17.2 Å². The van der Waals surface area contributed by atoms with Gasteiger partial charge in [0.2, 0.25) is 0 Å². The molecular formula is C21H29N3O2. The number of aryl methyl sites for hydroxylation is 1. The second kappa shape index (κ2) is 8.99. The second-order valence-electron chi connectivity index (χ2n) is 7.30. The van der Waals surface area contributed by atoms with Crippen molar-refractivity contribution in [3.05, 3.63) is 53.4 Å². The Morgan fingerprint density at radius 2 is 2.00 bits per heavy atom. The molecule has 1 aliphatic heterocycles. The van der Waals surface area contributed by atoms with E-state index < -0.39 is 0 Å². The van der Waals surface area contributed by atoms with Gasteiger partial charge in [0.05, 0.1) is 6.20 Å². The number of aromatic nitrogens is 1. The Balaban J connectivity index is 1.48. The van der Waals surface area contributed by atoms with Crippen LogP contribution in [0.25, 0.3) is 0 Å². The number of piperidine rings is 1. The van der Waals surface area contributed by atoms with Gasteiger partial charge in [0.25, 0.3) is 5.91 Å². The molecule has 2 aromatic rings. The van der Waals surface area contributed by atoms with Crippen molar-refractivity contribution in [2.75, 3.05) is 26.7 Å². The SMILES string of the molecule is CCCc1oncc1C(=O)N(C)CC1CCN(Cc2ccccc2)CC1. The maximum atomic E-state index is 12.7. The van der Waals surface area contributed by atoms with E-state index in [1.165, 1.54) is 5.56 Å². The molecule has 1 aromatic carbocycles. The van der Waals surface area contributed by atoms with Crippen LogP contribution in [-0.2, 0) is 13.0 Å². The molecule has 1 amide bonds. The molecule has 1 aliphatic rings. The Kier molecular flexibility index (Phi) is 6.45. The van der Waals surface area contributed by atoms with Crippen molar-refractivity contribution in [2.24, 2.45) is 5.92 Å². The van der Waals surface area contributed by atoms with E-state index in [9.17, 15) is 4.79 Å². The van der Waals surface area contributed by atoms with Crippen molar-refractivity contribution in [3.8, 4) is 0 Å². The van der Waals surface area contributed by atoms with Crippen molar-refractivity contribution in [3.63, 3.8) is 0 Å². The highest BCUT2D eigenvalue weighted by Crippen LogP contribution is 2.21. The number of carbonyl (C=O) groups excluding carboxylic acids is 1. The summed E-state index contributed by atoms with van der Waals surface area (Å²) in [5.41, 5.74) is 1.99. The van der Waals surface area contributed by atoms with Crippen LogP contribution in [0.1, 0.15) is 47.9 Å². The molecule has 5 nitrogen and oxygen atoms in total. The van der Waals surface area contributed by atoms with E-state index in [1.54, 1.807) is 6.20 Å². The van der Waals surface area contributed by atoms with Crippen LogP contribution >= 0.6 is 0 Å². The summed E-state index contributed by atoms with van der Waals surface area (Å²) in [5.74, 6) is 1.30. The topological polar surface area (TPSA) is 49.6 Å². The van der Waals surface area contributed by atoms with Gasteiger partial charge in [0.15, 0.2) is 0 Å². The normalized spacial score (nSPS) is 15.9. The molecule has 1 aromatic heterocycles. The first-order valence-corrected chi connectivity index (χ1v) is 9.62. The molecule has 1 saturated heterocycles. The molecule has 0 atom stereocenters. The van der Waals surface area contributed by atoms with Crippen molar-refractivity contribution < 1.29 is 9.32 Å². The van der Waals surface area contributed by atoms with Gasteiger partial charge in [-0.2, -0.15) is 0 Å². The molecule has 140 valence electrons. The highest BCUT2D eigenvalue weighted by Gasteiger charge is 2.24. The lowest BCUT2D eigenvalue weighted by atomic mass is 9.95. The molecule has 0 aliphatic carbocycles. The summed E-state index contributed by atoms with van der Waals surface area (Å²) in [4.78, 5) is 17.0. The predicted octanol–water partition coefficient (Wildman–Crippen LogP) is 3.61. The number of rotatable bonds is 7. The van der Waals surface area contributed by atoms with E-state index >= 15 is 0 Å². The molecule has 0 saturated carbocycles. The van der Waals surface area contributed by atoms with Gasteiger partial charge in [-0.25, -0.2) is 0 Å². The van der Waals surface area contributed by atoms with E-state index in [1.807, 2.05) is 11.9 Å². The first-order chi connectivity index (χ1) is 12.7. The average Bonchev–Trinajstić information content (AvgIpc) is 3.12. The summed E-state index contributed by atoms with van der Waals surface area (Å²) >= 11 is 0. The third-order valence-corrected chi connectivity index (χ3v) is 5.19. The Morgan fingerprint density at radius 3 is 2.69 bits per heavy atom. The van der Waals surface area contributed by atoms with Crippen molar-refractivity contribution in [2.45, 2.75) is 39.2 Å². The van der Waals surface area contributed by atoms with Crippen LogP contribution in [0.2, 0.25) is 0 Å². The number of likely N-dealkylation sites (tertiary alicyclic amines) is 1. The number of hydrogen-bond donors (Lipinski definition) is 0. The van der Waals surface area contributed by atoms with Gasteiger partial charge >= 0.3 is 0 Å². The first-order valence-electron chi connectivity index (χ1n) is 9.62. The van der Waals surface area contributed by atoms with Crippen LogP contribution in [-0.4, -0.2) is 47.5 Å². The number of amides is 1. The fraction of sp³-hybridized carbons (Fsp3) is 0.524. The van der Waals surface area contributed by atoms with Gasteiger partial charge in [-0.3, -0.25) is 9.69 Å². The minimum Gasteiger partial charge on any atom is -0.361 e. The maximum absolute atomic E-state index is 12.7. The minimum atomic E-state index is 0.0291. The van der Waals surface area contributed by atoms with Gasteiger partial charge in [-0.15, -0.1) is 0 Å². The highest BCUT2D eigenvalue weighted by atomic mass is 16.5. The molecule has 2 heterocycles. The molecule has 26 heavy (non-hydrogen) atoms. The average molecular weight is 355 g/mol. The third kappa shape index (κ3) is 4.73. The van der Waals surface area contributed by atoms with Gasteiger partial charge in [0, 0.05) is 26.6 Å². The fourth-order valence-electron chi connectivity index (χ4n) is 3.69. The summed E-state index contributed by atoms with van der Waals surface area (Å²) in [6.45, 7) is 6.08. The summed E-state index contributed by atoms with van der Waals surface area (Å²) in [6, 6.07) is 10.6. The zero-order chi connectivity index (χ0) is 18.4. The van der Waals surface area contributed by atoms with E-state index in [-0.39, 0.29) is 5.91 Å². The molecule has 3 rings (SSSR count). The van der Waals surface area contributed by atoms with Crippen molar-refractivity contribution in [1.29, 1.82) is 0 Å². The molecule has 0 N–H and O–H groups in total. The number of nitrogens with zero attached hydrogens (tertiary/aromatic N) is 3.